The number of rotatable bonds is 1. The Morgan fingerprint density at radius 2 is 1.92 bits per heavy atom. The van der Waals surface area contributed by atoms with E-state index in [-0.39, 0.29) is 0 Å². The van der Waals surface area contributed by atoms with E-state index in [4.69, 9.17) is 4.74 Å². The molecule has 0 aliphatic carbocycles. The Morgan fingerprint density at radius 1 is 1.17 bits per heavy atom. The van der Waals surface area contributed by atoms with Crippen molar-refractivity contribution in [2.75, 3.05) is 31.6 Å². The summed E-state index contributed by atoms with van der Waals surface area (Å²) in [6, 6.07) is 0. The lowest BCUT2D eigenvalue weighted by Crippen LogP contribution is -2.55. The molecule has 3 heteroatoms. The van der Waals surface area contributed by atoms with E-state index in [0.717, 1.165) is 11.9 Å². The SMILES string of the molecule is BrCC1OCC[N+]12CCCCC2. The van der Waals surface area contributed by atoms with Gasteiger partial charge in [-0.25, -0.2) is 0 Å². The molecule has 0 saturated carbocycles. The van der Waals surface area contributed by atoms with Crippen LogP contribution in [0.15, 0.2) is 0 Å². The van der Waals surface area contributed by atoms with E-state index in [1.807, 2.05) is 0 Å². The fraction of sp³-hybridized carbons (Fsp3) is 1.00. The van der Waals surface area contributed by atoms with Crippen LogP contribution in [0.25, 0.3) is 0 Å². The van der Waals surface area contributed by atoms with Crippen LogP contribution in [-0.2, 0) is 4.74 Å². The van der Waals surface area contributed by atoms with E-state index < -0.39 is 0 Å². The van der Waals surface area contributed by atoms with E-state index in [1.165, 1.54) is 43.4 Å². The van der Waals surface area contributed by atoms with Gasteiger partial charge in [0.15, 0.2) is 0 Å². The van der Waals surface area contributed by atoms with E-state index in [9.17, 15) is 0 Å². The van der Waals surface area contributed by atoms with Crippen LogP contribution in [0.5, 0.6) is 0 Å². The minimum atomic E-state index is 0.449. The van der Waals surface area contributed by atoms with Gasteiger partial charge in [-0.15, -0.1) is 0 Å². The predicted octanol–water partition coefficient (Wildman–Crippen LogP) is 1.74. The van der Waals surface area contributed by atoms with Crippen molar-refractivity contribution in [3.8, 4) is 0 Å². The van der Waals surface area contributed by atoms with E-state index in [1.54, 1.807) is 0 Å². The van der Waals surface area contributed by atoms with Crippen LogP contribution >= 0.6 is 15.9 Å². The third-order valence-electron chi connectivity index (χ3n) is 3.30. The molecule has 0 N–H and O–H groups in total. The van der Waals surface area contributed by atoms with Gasteiger partial charge in [-0.2, -0.15) is 0 Å². The number of nitrogens with zero attached hydrogens (tertiary/aromatic N) is 1. The van der Waals surface area contributed by atoms with E-state index >= 15 is 0 Å². The molecule has 0 bridgehead atoms. The van der Waals surface area contributed by atoms with Crippen LogP contribution in [0.1, 0.15) is 19.3 Å². The monoisotopic (exact) mass is 234 g/mol. The summed E-state index contributed by atoms with van der Waals surface area (Å²) in [6.45, 7) is 4.90. The summed E-state index contributed by atoms with van der Waals surface area (Å²) in [5.74, 6) is 0. The smallest absolute Gasteiger partial charge is 0.203 e. The second kappa shape index (κ2) is 3.64. The molecule has 0 aromatic rings. The van der Waals surface area contributed by atoms with Crippen molar-refractivity contribution in [1.82, 2.24) is 0 Å². The van der Waals surface area contributed by atoms with Gasteiger partial charge in [0.2, 0.25) is 6.23 Å². The highest BCUT2D eigenvalue weighted by molar-refractivity contribution is 9.09. The maximum atomic E-state index is 5.72. The molecule has 2 aliphatic heterocycles. The minimum absolute atomic E-state index is 0.449. The van der Waals surface area contributed by atoms with Crippen molar-refractivity contribution in [1.29, 1.82) is 0 Å². The Kier molecular flexibility index (Phi) is 2.72. The summed E-state index contributed by atoms with van der Waals surface area (Å²) < 4.78 is 6.96. The third kappa shape index (κ3) is 1.42. The van der Waals surface area contributed by atoms with Crippen molar-refractivity contribution in [3.05, 3.63) is 0 Å². The molecule has 2 aliphatic rings. The molecule has 2 rings (SSSR count). The quantitative estimate of drug-likeness (QED) is 0.497. The van der Waals surface area contributed by atoms with Crippen LogP contribution < -0.4 is 0 Å². The number of alkyl halides is 1. The first kappa shape index (κ1) is 8.97. The summed E-state index contributed by atoms with van der Waals surface area (Å²) in [5.41, 5.74) is 0. The second-order valence-corrected chi connectivity index (χ2v) is 4.58. The average molecular weight is 235 g/mol. The molecule has 1 atom stereocenters. The topological polar surface area (TPSA) is 9.23 Å². The first-order valence-electron chi connectivity index (χ1n) is 4.91. The molecule has 2 fully saturated rings. The van der Waals surface area contributed by atoms with Gasteiger partial charge in [0.05, 0.1) is 18.4 Å². The number of quaternary nitrogens is 1. The summed E-state index contributed by atoms with van der Waals surface area (Å²) >= 11 is 3.55. The maximum absolute atomic E-state index is 5.72. The van der Waals surface area contributed by atoms with Crippen LogP contribution in [0.2, 0.25) is 0 Å². The number of piperidine rings is 1. The zero-order valence-electron chi connectivity index (χ0n) is 7.47. The number of hydrogen-bond donors (Lipinski definition) is 0. The standard InChI is InChI=1S/C9H17BrNO/c10-8-9-11(6-7-12-9)4-2-1-3-5-11/h9H,1-8H2/q+1. The number of hydrogen-bond acceptors (Lipinski definition) is 1. The lowest BCUT2D eigenvalue weighted by Gasteiger charge is -2.40. The van der Waals surface area contributed by atoms with E-state index in [2.05, 4.69) is 15.9 Å². The van der Waals surface area contributed by atoms with Gasteiger partial charge in [-0.1, -0.05) is 15.9 Å². The molecule has 2 nitrogen and oxygen atoms in total. The zero-order chi connectivity index (χ0) is 8.44. The molecular weight excluding hydrogens is 218 g/mol. The molecule has 2 heterocycles. The molecular formula is C9H17BrNO+. The third-order valence-corrected chi connectivity index (χ3v) is 3.85. The van der Waals surface area contributed by atoms with Crippen molar-refractivity contribution in [2.24, 2.45) is 0 Å². The molecule has 2 saturated heterocycles. The summed E-state index contributed by atoms with van der Waals surface area (Å²) in [5, 5.41) is 1.01. The maximum Gasteiger partial charge on any atom is 0.203 e. The molecule has 1 unspecified atom stereocenters. The Balaban J connectivity index is 2.05. The van der Waals surface area contributed by atoms with Gasteiger partial charge in [-0.3, -0.25) is 4.48 Å². The highest BCUT2D eigenvalue weighted by Gasteiger charge is 2.42. The fourth-order valence-electron chi connectivity index (χ4n) is 2.52. The highest BCUT2D eigenvalue weighted by atomic mass is 79.9. The van der Waals surface area contributed by atoms with Crippen molar-refractivity contribution in [2.45, 2.75) is 25.5 Å². The Labute approximate surface area is 82.6 Å². The van der Waals surface area contributed by atoms with Crippen LogP contribution in [0.4, 0.5) is 0 Å². The highest BCUT2D eigenvalue weighted by Crippen LogP contribution is 2.28. The lowest BCUT2D eigenvalue weighted by atomic mass is 10.1. The Bertz CT molecular complexity index is 157. The Morgan fingerprint density at radius 3 is 2.58 bits per heavy atom. The first-order chi connectivity index (χ1) is 5.87. The van der Waals surface area contributed by atoms with Gasteiger partial charge >= 0.3 is 0 Å². The molecule has 0 aromatic carbocycles. The van der Waals surface area contributed by atoms with Crippen molar-refractivity contribution < 1.29 is 9.22 Å². The fourth-order valence-corrected chi connectivity index (χ4v) is 3.32. The molecule has 0 aromatic heterocycles. The second-order valence-electron chi connectivity index (χ2n) is 3.93. The minimum Gasteiger partial charge on any atom is -0.323 e. The zero-order valence-corrected chi connectivity index (χ0v) is 9.05. The van der Waals surface area contributed by atoms with Crippen molar-refractivity contribution >= 4 is 15.9 Å². The summed E-state index contributed by atoms with van der Waals surface area (Å²) in [4.78, 5) is 0. The van der Waals surface area contributed by atoms with Crippen LogP contribution in [0.3, 0.4) is 0 Å². The van der Waals surface area contributed by atoms with Gasteiger partial charge in [-0.05, 0) is 19.3 Å². The largest absolute Gasteiger partial charge is 0.323 e. The summed E-state index contributed by atoms with van der Waals surface area (Å²) in [7, 11) is 0. The molecule has 70 valence electrons. The summed E-state index contributed by atoms with van der Waals surface area (Å²) in [6.07, 6.45) is 4.67. The average Bonchev–Trinajstić information content (AvgIpc) is 2.49. The van der Waals surface area contributed by atoms with Gasteiger partial charge < -0.3 is 4.74 Å². The van der Waals surface area contributed by atoms with Gasteiger partial charge in [0.1, 0.15) is 13.2 Å². The van der Waals surface area contributed by atoms with E-state index in [0.29, 0.717) is 6.23 Å². The molecule has 1 spiro atoms. The predicted molar refractivity (Wildman–Crippen MR) is 52.2 cm³/mol. The molecule has 0 radical (unpaired) electrons. The Hall–Kier alpha value is 0.400. The molecule has 0 amide bonds. The number of ether oxygens (including phenoxy) is 1. The number of halogens is 1. The first-order valence-corrected chi connectivity index (χ1v) is 6.03. The lowest BCUT2D eigenvalue weighted by molar-refractivity contribution is -0.951. The van der Waals surface area contributed by atoms with Crippen LogP contribution in [0, 0.1) is 0 Å². The van der Waals surface area contributed by atoms with Crippen LogP contribution in [-0.4, -0.2) is 42.3 Å². The van der Waals surface area contributed by atoms with Gasteiger partial charge in [0.25, 0.3) is 0 Å². The van der Waals surface area contributed by atoms with Crippen molar-refractivity contribution in [3.63, 3.8) is 0 Å². The van der Waals surface area contributed by atoms with Gasteiger partial charge in [0, 0.05) is 0 Å². The normalized spacial score (nSPS) is 34.2. The molecule has 12 heavy (non-hydrogen) atoms.